The Labute approximate surface area is 316 Å². The number of rotatable bonds is 5. The average Bonchev–Trinajstić information content (AvgIpc) is 3.21. The number of nitrogens with one attached hydrogen (secondary N) is 2. The molecular formula is C41H37N3O11. The highest BCUT2D eigenvalue weighted by molar-refractivity contribution is 5.98. The van der Waals surface area contributed by atoms with E-state index in [-0.39, 0.29) is 62.8 Å². The number of nitro benzene ring substituents is 1. The first-order chi connectivity index (χ1) is 26.9. The summed E-state index contributed by atoms with van der Waals surface area (Å²) in [5, 5.41) is 17.1. The zero-order valence-electron chi connectivity index (χ0n) is 29.5. The number of fused-ring (bicyclic) bond motifs is 4. The first kappa shape index (κ1) is 37.7. The first-order valence-corrected chi connectivity index (χ1v) is 17.3. The van der Waals surface area contributed by atoms with Crippen molar-refractivity contribution in [1.29, 1.82) is 0 Å². The second kappa shape index (κ2) is 18.6. The Kier molecular flexibility index (Phi) is 12.7. The molecule has 14 heteroatoms. The third-order valence-corrected chi connectivity index (χ3v) is 8.23. The first-order valence-electron chi connectivity index (χ1n) is 17.3. The number of hydrogen-bond acceptors (Lipinski definition) is 11. The molecule has 5 aromatic carbocycles. The van der Waals surface area contributed by atoms with E-state index in [2.05, 4.69) is 10.6 Å². The average molecular weight is 748 g/mol. The van der Waals surface area contributed by atoms with Gasteiger partial charge in [-0.15, -0.1) is 0 Å². The van der Waals surface area contributed by atoms with Gasteiger partial charge in [-0.3, -0.25) is 19.7 Å². The maximum Gasteiger partial charge on any atom is 0.344 e. The maximum atomic E-state index is 13.2. The summed E-state index contributed by atoms with van der Waals surface area (Å²) in [6.07, 6.45) is -0.986. The Bertz CT molecular complexity index is 2030. The molecule has 5 aromatic rings. The van der Waals surface area contributed by atoms with Crippen LogP contribution in [0.1, 0.15) is 31.8 Å². The summed E-state index contributed by atoms with van der Waals surface area (Å²) in [6, 6.07) is 33.5. The molecular weight excluding hydrogens is 710 g/mol. The molecule has 282 valence electrons. The van der Waals surface area contributed by atoms with Crippen molar-refractivity contribution in [3.05, 3.63) is 154 Å². The van der Waals surface area contributed by atoms with E-state index < -0.39 is 23.6 Å². The van der Waals surface area contributed by atoms with Gasteiger partial charge in [0, 0.05) is 30.3 Å². The van der Waals surface area contributed by atoms with E-state index in [0.717, 1.165) is 0 Å². The fourth-order valence-corrected chi connectivity index (χ4v) is 5.51. The lowest BCUT2D eigenvalue weighted by Gasteiger charge is -2.21. The Morgan fingerprint density at radius 1 is 0.636 bits per heavy atom. The van der Waals surface area contributed by atoms with Gasteiger partial charge in [-0.25, -0.2) is 4.79 Å². The summed E-state index contributed by atoms with van der Waals surface area (Å²) < 4.78 is 35.7. The van der Waals surface area contributed by atoms with Gasteiger partial charge in [-0.2, -0.15) is 0 Å². The number of esters is 1. The molecule has 0 atom stereocenters. The van der Waals surface area contributed by atoms with Crippen molar-refractivity contribution in [2.24, 2.45) is 0 Å². The molecule has 1 heterocycles. The zero-order valence-corrected chi connectivity index (χ0v) is 29.5. The summed E-state index contributed by atoms with van der Waals surface area (Å²) in [5.74, 6) is -0.133. The second-order valence-corrected chi connectivity index (χ2v) is 12.0. The van der Waals surface area contributed by atoms with Crippen molar-refractivity contribution >= 4 is 23.5 Å². The highest BCUT2D eigenvalue weighted by Crippen LogP contribution is 2.27. The normalized spacial score (nSPS) is 14.2. The number of benzene rings is 5. The number of carbonyl (C=O) groups is 3. The molecule has 0 unspecified atom stereocenters. The predicted molar refractivity (Wildman–Crippen MR) is 199 cm³/mol. The van der Waals surface area contributed by atoms with Crippen LogP contribution >= 0.6 is 0 Å². The maximum absolute atomic E-state index is 13.2. The summed E-state index contributed by atoms with van der Waals surface area (Å²) >= 11 is 0. The minimum atomic E-state index is -0.986. The van der Waals surface area contributed by atoms with Gasteiger partial charge < -0.3 is 39.1 Å². The lowest BCUT2D eigenvalue weighted by atomic mass is 10.1. The fraction of sp³-hybridized carbons (Fsp3) is 0.195. The van der Waals surface area contributed by atoms with Gasteiger partial charge in [-0.1, -0.05) is 72.8 Å². The van der Waals surface area contributed by atoms with Crippen LogP contribution in [0.2, 0.25) is 0 Å². The molecule has 2 N–H and O–H groups in total. The molecule has 0 saturated carbocycles. The third kappa shape index (κ3) is 10.3. The van der Waals surface area contributed by atoms with Crippen molar-refractivity contribution in [2.45, 2.75) is 19.3 Å². The quantitative estimate of drug-likeness (QED) is 0.129. The largest absolute Gasteiger partial charge is 0.489 e. The van der Waals surface area contributed by atoms with Crippen LogP contribution in [0.3, 0.4) is 0 Å². The molecule has 0 radical (unpaired) electrons. The molecule has 0 fully saturated rings. The smallest absolute Gasteiger partial charge is 0.344 e. The SMILES string of the molecule is O=C(COc1ccccc1[N+](=O)[O-])OC1COc2ccccc2COc2ccccc2C(=O)NCCNC(=O)c2ccccc2OCc2ccccc2OC1. The number of amides is 2. The van der Waals surface area contributed by atoms with E-state index in [1.54, 1.807) is 91.0 Å². The molecule has 1 aliphatic rings. The zero-order chi connectivity index (χ0) is 38.4. The molecule has 0 aromatic heterocycles. The molecule has 0 saturated heterocycles. The van der Waals surface area contributed by atoms with Crippen molar-refractivity contribution in [2.75, 3.05) is 32.9 Å². The minimum absolute atomic E-state index is 0.0357. The third-order valence-electron chi connectivity index (χ3n) is 8.23. The molecule has 6 rings (SSSR count). The molecule has 2 amide bonds. The molecule has 0 bridgehead atoms. The van der Waals surface area contributed by atoms with Gasteiger partial charge in [0.25, 0.3) is 11.8 Å². The standard InChI is InChI=1S/C41H37N3O11/c45-39(27-54-38-20-10-5-15-33(38)44(48)49)55-30-25-52-34-16-6-1-11-28(34)23-50-36-18-8-3-13-31(36)40(46)42-21-22-43-41(47)32-14-4-9-19-37(32)51-24-29-12-2-7-17-35(29)53-26-30/h1-20,30H,21-27H2,(H,42,46)(H,43,47). The van der Waals surface area contributed by atoms with Crippen LogP contribution in [0.15, 0.2) is 121 Å². The highest BCUT2D eigenvalue weighted by Gasteiger charge is 2.22. The highest BCUT2D eigenvalue weighted by atomic mass is 16.6. The Hall–Kier alpha value is -7.09. The van der Waals surface area contributed by atoms with Gasteiger partial charge in [0.15, 0.2) is 18.5 Å². The van der Waals surface area contributed by atoms with Crippen LogP contribution in [-0.2, 0) is 22.7 Å². The van der Waals surface area contributed by atoms with E-state index in [0.29, 0.717) is 45.3 Å². The summed E-state index contributed by atoms with van der Waals surface area (Å²) in [7, 11) is 0. The fourth-order valence-electron chi connectivity index (χ4n) is 5.51. The van der Waals surface area contributed by atoms with Crippen LogP contribution in [-0.4, -0.2) is 61.7 Å². The van der Waals surface area contributed by atoms with Crippen molar-refractivity contribution in [3.8, 4) is 28.7 Å². The summed E-state index contributed by atoms with van der Waals surface area (Å²) in [6.45, 7) is -0.540. The molecule has 0 spiro atoms. The van der Waals surface area contributed by atoms with Gasteiger partial charge >= 0.3 is 11.7 Å². The Morgan fingerprint density at radius 3 is 1.62 bits per heavy atom. The van der Waals surface area contributed by atoms with E-state index in [1.807, 2.05) is 12.1 Å². The van der Waals surface area contributed by atoms with Crippen molar-refractivity contribution in [3.63, 3.8) is 0 Å². The van der Waals surface area contributed by atoms with E-state index >= 15 is 0 Å². The predicted octanol–water partition coefficient (Wildman–Crippen LogP) is 5.67. The van der Waals surface area contributed by atoms with Crippen LogP contribution in [0.5, 0.6) is 28.7 Å². The van der Waals surface area contributed by atoms with Crippen LogP contribution in [0.4, 0.5) is 5.69 Å². The van der Waals surface area contributed by atoms with Crippen molar-refractivity contribution < 1.29 is 47.7 Å². The molecule has 14 nitrogen and oxygen atoms in total. The topological polar surface area (TPSA) is 174 Å². The van der Waals surface area contributed by atoms with Gasteiger partial charge in [0.2, 0.25) is 0 Å². The van der Waals surface area contributed by atoms with E-state index in [4.69, 9.17) is 28.4 Å². The van der Waals surface area contributed by atoms with Gasteiger partial charge in [-0.05, 0) is 42.5 Å². The van der Waals surface area contributed by atoms with E-state index in [1.165, 1.54) is 18.2 Å². The molecule has 0 aliphatic carbocycles. The molecule has 1 aliphatic heterocycles. The number of carbonyl (C=O) groups excluding carboxylic acids is 3. The summed E-state index contributed by atoms with van der Waals surface area (Å²) in [4.78, 5) is 50.2. The van der Waals surface area contributed by atoms with Gasteiger partial charge in [0.05, 0.1) is 16.1 Å². The van der Waals surface area contributed by atoms with Gasteiger partial charge in [0.1, 0.15) is 49.4 Å². The number of nitro groups is 1. The monoisotopic (exact) mass is 747 g/mol. The van der Waals surface area contributed by atoms with Crippen LogP contribution in [0, 0.1) is 10.1 Å². The minimum Gasteiger partial charge on any atom is -0.489 e. The Balaban J connectivity index is 1.25. The molecule has 55 heavy (non-hydrogen) atoms. The van der Waals surface area contributed by atoms with Crippen LogP contribution in [0.25, 0.3) is 0 Å². The number of hydrogen-bond donors (Lipinski definition) is 2. The number of para-hydroxylation sites is 6. The Morgan fingerprint density at radius 2 is 1.09 bits per heavy atom. The number of nitrogens with zero attached hydrogens (tertiary/aromatic N) is 1. The van der Waals surface area contributed by atoms with Crippen LogP contribution < -0.4 is 34.3 Å². The lowest BCUT2D eigenvalue weighted by Crippen LogP contribution is -2.35. The van der Waals surface area contributed by atoms with Crippen molar-refractivity contribution in [1.82, 2.24) is 10.6 Å². The second-order valence-electron chi connectivity index (χ2n) is 12.0. The summed E-state index contributed by atoms with van der Waals surface area (Å²) in [5.41, 5.74) is 1.60. The van der Waals surface area contributed by atoms with E-state index in [9.17, 15) is 24.5 Å². The lowest BCUT2D eigenvalue weighted by molar-refractivity contribution is -0.385. The number of ether oxygens (including phenoxy) is 6.